The van der Waals surface area contributed by atoms with E-state index >= 15 is 0 Å². The molecule has 0 atom stereocenters. The molecule has 1 amide bonds. The molecular weight excluding hydrogens is 459 g/mol. The van der Waals surface area contributed by atoms with Gasteiger partial charge in [0, 0.05) is 16.7 Å². The van der Waals surface area contributed by atoms with Crippen molar-refractivity contribution in [3.63, 3.8) is 0 Å². The first-order chi connectivity index (χ1) is 14.8. The molecule has 0 aliphatic heterocycles. The van der Waals surface area contributed by atoms with Crippen LogP contribution in [0.3, 0.4) is 0 Å². The summed E-state index contributed by atoms with van der Waals surface area (Å²) in [6.45, 7) is 3.55. The van der Waals surface area contributed by atoms with E-state index in [4.69, 9.17) is 32.4 Å². The number of nitrogens with zero attached hydrogens (tertiary/aromatic N) is 1. The van der Waals surface area contributed by atoms with E-state index in [-0.39, 0.29) is 22.0 Å². The summed E-state index contributed by atoms with van der Waals surface area (Å²) in [7, 11) is 0. The first-order valence-electron chi connectivity index (χ1n) is 9.09. The molecule has 1 aromatic carbocycles. The number of carbonyl (C=O) groups is 2. The maximum Gasteiger partial charge on any atom is 0.348 e. The van der Waals surface area contributed by atoms with Gasteiger partial charge in [-0.25, -0.2) is 4.79 Å². The summed E-state index contributed by atoms with van der Waals surface area (Å²) in [5.41, 5.74) is 1.38. The van der Waals surface area contributed by atoms with Crippen LogP contribution >= 0.6 is 34.5 Å². The summed E-state index contributed by atoms with van der Waals surface area (Å²) >= 11 is 13.1. The topological polar surface area (TPSA) is 92.3 Å². The molecule has 0 bridgehead atoms. The van der Waals surface area contributed by atoms with E-state index in [1.165, 1.54) is 12.2 Å². The number of hydrogen-bond acceptors (Lipinski definition) is 6. The largest absolute Gasteiger partial charge is 0.462 e. The number of halogens is 2. The fourth-order valence-corrected chi connectivity index (χ4v) is 4.27. The Hall–Kier alpha value is -3.05. The number of thiophene rings is 1. The van der Waals surface area contributed by atoms with Crippen LogP contribution in [0.1, 0.15) is 33.5 Å². The van der Waals surface area contributed by atoms with E-state index < -0.39 is 11.9 Å². The lowest BCUT2D eigenvalue weighted by Gasteiger charge is -2.01. The number of ether oxygens (including phenoxy) is 1. The number of carbonyl (C=O) groups excluding carboxylic acids is 2. The average molecular weight is 475 g/mol. The predicted molar refractivity (Wildman–Crippen MR) is 122 cm³/mol. The van der Waals surface area contributed by atoms with Gasteiger partial charge in [-0.05, 0) is 55.8 Å². The van der Waals surface area contributed by atoms with E-state index in [1.807, 2.05) is 6.07 Å². The fraction of sp³-hybridized carbons (Fsp3) is 0.136. The van der Waals surface area contributed by atoms with Crippen LogP contribution in [0.5, 0.6) is 0 Å². The highest BCUT2D eigenvalue weighted by atomic mass is 35.5. The molecule has 2 heterocycles. The van der Waals surface area contributed by atoms with Gasteiger partial charge in [0.2, 0.25) is 5.91 Å². The fourth-order valence-electron chi connectivity index (χ4n) is 2.72. The van der Waals surface area contributed by atoms with Crippen molar-refractivity contribution in [3.05, 3.63) is 68.2 Å². The van der Waals surface area contributed by atoms with Crippen LogP contribution in [-0.4, -0.2) is 18.5 Å². The van der Waals surface area contributed by atoms with Gasteiger partial charge in [-0.15, -0.1) is 11.3 Å². The summed E-state index contributed by atoms with van der Waals surface area (Å²) in [5.74, 6) is -0.0372. The number of esters is 1. The minimum absolute atomic E-state index is 0.217. The Bertz CT molecular complexity index is 1220. The van der Waals surface area contributed by atoms with E-state index in [2.05, 4.69) is 5.32 Å². The third-order valence-electron chi connectivity index (χ3n) is 4.18. The normalized spacial score (nSPS) is 10.8. The lowest BCUT2D eigenvalue weighted by Crippen LogP contribution is -2.07. The molecule has 0 spiro atoms. The van der Waals surface area contributed by atoms with Crippen LogP contribution < -0.4 is 5.32 Å². The number of benzene rings is 1. The average Bonchev–Trinajstić information content (AvgIpc) is 3.31. The standard InChI is InChI=1S/C22H16Cl2N2O4S/c1-3-29-22(28)20-12(2)16(11-25)21(31-20)26-19(27)9-6-14-5-8-18(30-14)15-7-4-13(23)10-17(15)24/h4-10H,3H2,1-2H3,(H,26,27)/b9-6+. The summed E-state index contributed by atoms with van der Waals surface area (Å²) < 4.78 is 10.7. The number of furan rings is 1. The van der Waals surface area contributed by atoms with E-state index in [1.54, 1.807) is 44.2 Å². The first kappa shape index (κ1) is 22.6. The van der Waals surface area contributed by atoms with Gasteiger partial charge in [0.15, 0.2) is 0 Å². The van der Waals surface area contributed by atoms with Crippen LogP contribution in [0.15, 0.2) is 40.8 Å². The number of nitriles is 1. The third-order valence-corrected chi connectivity index (χ3v) is 5.91. The van der Waals surface area contributed by atoms with Crippen LogP contribution in [0.4, 0.5) is 5.00 Å². The monoisotopic (exact) mass is 474 g/mol. The Morgan fingerprint density at radius 2 is 2.06 bits per heavy atom. The van der Waals surface area contributed by atoms with Gasteiger partial charge >= 0.3 is 5.97 Å². The molecule has 6 nitrogen and oxygen atoms in total. The number of hydrogen-bond donors (Lipinski definition) is 1. The molecule has 3 aromatic rings. The maximum atomic E-state index is 12.3. The minimum Gasteiger partial charge on any atom is -0.462 e. The van der Waals surface area contributed by atoms with E-state index in [9.17, 15) is 14.9 Å². The molecule has 0 saturated heterocycles. The van der Waals surface area contributed by atoms with Crippen molar-refractivity contribution in [2.24, 2.45) is 0 Å². The molecule has 9 heteroatoms. The Kier molecular flexibility index (Phi) is 7.18. The van der Waals surface area contributed by atoms with Crippen molar-refractivity contribution in [1.82, 2.24) is 0 Å². The molecule has 31 heavy (non-hydrogen) atoms. The number of rotatable bonds is 6. The summed E-state index contributed by atoms with van der Waals surface area (Å²) in [5, 5.41) is 13.3. The molecular formula is C22H16Cl2N2O4S. The second-order valence-corrected chi connectivity index (χ2v) is 8.11. The van der Waals surface area contributed by atoms with Gasteiger partial charge in [0.25, 0.3) is 0 Å². The molecule has 158 valence electrons. The second-order valence-electron chi connectivity index (χ2n) is 6.24. The summed E-state index contributed by atoms with van der Waals surface area (Å²) in [6, 6.07) is 10.5. The minimum atomic E-state index is -0.526. The van der Waals surface area contributed by atoms with Gasteiger partial charge in [-0.1, -0.05) is 23.2 Å². The highest BCUT2D eigenvalue weighted by Gasteiger charge is 2.21. The molecule has 1 N–H and O–H groups in total. The third kappa shape index (κ3) is 5.17. The van der Waals surface area contributed by atoms with Crippen molar-refractivity contribution in [3.8, 4) is 17.4 Å². The summed E-state index contributed by atoms with van der Waals surface area (Å²) in [4.78, 5) is 24.7. The molecule has 0 aliphatic carbocycles. The van der Waals surface area contributed by atoms with Crippen LogP contribution in [-0.2, 0) is 9.53 Å². The highest BCUT2D eigenvalue weighted by molar-refractivity contribution is 7.18. The SMILES string of the molecule is CCOC(=O)c1sc(NC(=O)/C=C/c2ccc(-c3ccc(Cl)cc3Cl)o2)c(C#N)c1C. The van der Waals surface area contributed by atoms with Crippen LogP contribution in [0.25, 0.3) is 17.4 Å². The predicted octanol–water partition coefficient (Wildman–Crippen LogP) is 6.32. The van der Waals surface area contributed by atoms with Crippen molar-refractivity contribution in [2.45, 2.75) is 13.8 Å². The van der Waals surface area contributed by atoms with Gasteiger partial charge in [0.1, 0.15) is 27.5 Å². The number of nitrogens with one attached hydrogen (secondary N) is 1. The van der Waals surface area contributed by atoms with Crippen LogP contribution in [0, 0.1) is 18.3 Å². The first-order valence-corrected chi connectivity index (χ1v) is 10.7. The van der Waals surface area contributed by atoms with Crippen molar-refractivity contribution >= 4 is 57.5 Å². The summed E-state index contributed by atoms with van der Waals surface area (Å²) in [6.07, 6.45) is 2.76. The molecule has 0 unspecified atom stereocenters. The lowest BCUT2D eigenvalue weighted by molar-refractivity contribution is -0.111. The zero-order valence-electron chi connectivity index (χ0n) is 16.5. The van der Waals surface area contributed by atoms with Crippen molar-refractivity contribution < 1.29 is 18.7 Å². The smallest absolute Gasteiger partial charge is 0.348 e. The van der Waals surface area contributed by atoms with Gasteiger partial charge in [-0.3, -0.25) is 4.79 Å². The Morgan fingerprint density at radius 1 is 1.29 bits per heavy atom. The molecule has 0 saturated carbocycles. The van der Waals surface area contributed by atoms with E-state index in [0.29, 0.717) is 32.7 Å². The molecule has 2 aromatic heterocycles. The van der Waals surface area contributed by atoms with Crippen molar-refractivity contribution in [1.29, 1.82) is 5.26 Å². The zero-order valence-corrected chi connectivity index (χ0v) is 18.8. The zero-order chi connectivity index (χ0) is 22.5. The Balaban J connectivity index is 1.75. The quantitative estimate of drug-likeness (QED) is 0.333. The highest BCUT2D eigenvalue weighted by Crippen LogP contribution is 2.34. The number of amides is 1. The molecule has 0 aliphatic rings. The molecule has 0 radical (unpaired) electrons. The lowest BCUT2D eigenvalue weighted by atomic mass is 10.2. The number of anilines is 1. The Labute approximate surface area is 192 Å². The van der Waals surface area contributed by atoms with Crippen LogP contribution in [0.2, 0.25) is 10.0 Å². The maximum absolute atomic E-state index is 12.3. The van der Waals surface area contributed by atoms with Crippen molar-refractivity contribution in [2.75, 3.05) is 11.9 Å². The van der Waals surface area contributed by atoms with Gasteiger partial charge in [-0.2, -0.15) is 5.26 Å². The molecule has 3 rings (SSSR count). The molecule has 0 fully saturated rings. The van der Waals surface area contributed by atoms with Gasteiger partial charge < -0.3 is 14.5 Å². The van der Waals surface area contributed by atoms with Gasteiger partial charge in [0.05, 0.1) is 17.2 Å². The van der Waals surface area contributed by atoms with E-state index in [0.717, 1.165) is 11.3 Å². The second kappa shape index (κ2) is 9.84. The Morgan fingerprint density at radius 3 is 2.74 bits per heavy atom.